The summed E-state index contributed by atoms with van der Waals surface area (Å²) in [5, 5.41) is 7.04. The van der Waals surface area contributed by atoms with E-state index < -0.39 is 12.1 Å². The Kier molecular flexibility index (Phi) is 7.39. The van der Waals surface area contributed by atoms with Crippen LogP contribution in [0, 0.1) is 0 Å². The van der Waals surface area contributed by atoms with Crippen molar-refractivity contribution in [3.63, 3.8) is 0 Å². The quantitative estimate of drug-likeness (QED) is 0.255. The zero-order valence-electron chi connectivity index (χ0n) is 23.1. The Hall–Kier alpha value is -4.70. The first kappa shape index (κ1) is 26.5. The number of aromatic nitrogens is 4. The molecule has 41 heavy (non-hydrogen) atoms. The molecule has 6 rings (SSSR count). The second-order valence-electron chi connectivity index (χ2n) is 10.1. The van der Waals surface area contributed by atoms with E-state index in [0.29, 0.717) is 49.3 Å². The summed E-state index contributed by atoms with van der Waals surface area (Å²) in [6, 6.07) is 19.9. The molecule has 210 valence electrons. The molecule has 1 saturated heterocycles. The largest absolute Gasteiger partial charge is 0.464 e. The first-order valence-corrected chi connectivity index (χ1v) is 13.7. The summed E-state index contributed by atoms with van der Waals surface area (Å²) in [5.41, 5.74) is 5.04. The molecular weight excluding hydrogens is 520 g/mol. The molecule has 2 N–H and O–H groups in total. The molecule has 0 aliphatic carbocycles. The van der Waals surface area contributed by atoms with Crippen LogP contribution in [0.1, 0.15) is 34.7 Å². The van der Waals surface area contributed by atoms with Crippen molar-refractivity contribution in [2.45, 2.75) is 38.5 Å². The average Bonchev–Trinajstić information content (AvgIpc) is 3.73. The maximum Gasteiger partial charge on any atom is 0.356 e. The Labute approximate surface area is 237 Å². The lowest BCUT2D eigenvalue weighted by molar-refractivity contribution is -0.124. The molecule has 1 aliphatic heterocycles. The van der Waals surface area contributed by atoms with Gasteiger partial charge < -0.3 is 29.2 Å². The molecule has 0 radical (unpaired) electrons. The Morgan fingerprint density at radius 3 is 2.68 bits per heavy atom. The maximum atomic E-state index is 13.2. The Morgan fingerprint density at radius 1 is 1.12 bits per heavy atom. The monoisotopic (exact) mass is 552 g/mol. The minimum atomic E-state index is -0.560. The number of para-hydroxylation sites is 2. The summed E-state index contributed by atoms with van der Waals surface area (Å²) in [6.07, 6.45) is 3.29. The topological polar surface area (TPSA) is 112 Å². The fraction of sp³-hybridized carbons (Fsp3) is 0.290. The predicted octanol–water partition coefficient (Wildman–Crippen LogP) is 4.68. The van der Waals surface area contributed by atoms with E-state index in [4.69, 9.17) is 19.4 Å². The van der Waals surface area contributed by atoms with Crippen LogP contribution in [-0.4, -0.2) is 50.8 Å². The molecule has 1 atom stereocenters. The average molecular weight is 553 g/mol. The number of aryl methyl sites for hydroxylation is 3. The third-order valence-corrected chi connectivity index (χ3v) is 7.54. The molecule has 10 heteroatoms. The number of benzene rings is 2. The van der Waals surface area contributed by atoms with Gasteiger partial charge in [-0.05, 0) is 43.0 Å². The first-order chi connectivity index (χ1) is 20.0. The van der Waals surface area contributed by atoms with Crippen LogP contribution in [-0.2, 0) is 40.8 Å². The number of amides is 1. The Balaban J connectivity index is 1.38. The van der Waals surface area contributed by atoms with Gasteiger partial charge in [0, 0.05) is 25.6 Å². The number of carbonyl (C=O) groups is 2. The van der Waals surface area contributed by atoms with Gasteiger partial charge in [-0.15, -0.1) is 0 Å². The lowest BCUT2D eigenvalue weighted by atomic mass is 10.1. The summed E-state index contributed by atoms with van der Waals surface area (Å²) in [6.45, 7) is 1.48. The number of hydrogen-bond donors (Lipinski definition) is 2. The number of methoxy groups -OCH3 is 1. The van der Waals surface area contributed by atoms with E-state index in [1.807, 2.05) is 72.3 Å². The van der Waals surface area contributed by atoms with Gasteiger partial charge in [0.1, 0.15) is 17.6 Å². The Bertz CT molecular complexity index is 1720. The van der Waals surface area contributed by atoms with Crippen LogP contribution in [0.5, 0.6) is 0 Å². The fourth-order valence-corrected chi connectivity index (χ4v) is 5.38. The zero-order valence-corrected chi connectivity index (χ0v) is 23.1. The minimum Gasteiger partial charge on any atom is -0.464 e. The lowest BCUT2D eigenvalue weighted by Gasteiger charge is -2.13. The molecule has 1 amide bonds. The number of fused-ring (bicyclic) bond motifs is 2. The molecule has 10 nitrogen and oxygen atoms in total. The molecule has 5 aromatic rings. The van der Waals surface area contributed by atoms with Crippen molar-refractivity contribution in [3.05, 3.63) is 83.9 Å². The molecule has 0 saturated carbocycles. The molecule has 4 heterocycles. The van der Waals surface area contributed by atoms with Gasteiger partial charge in [0.15, 0.2) is 5.69 Å². The number of pyridine rings is 1. The highest BCUT2D eigenvalue weighted by Crippen LogP contribution is 2.34. The van der Waals surface area contributed by atoms with Gasteiger partial charge in [-0.1, -0.05) is 42.5 Å². The summed E-state index contributed by atoms with van der Waals surface area (Å²) in [4.78, 5) is 35.9. The zero-order chi connectivity index (χ0) is 28.3. The molecule has 1 fully saturated rings. The van der Waals surface area contributed by atoms with E-state index in [0.717, 1.165) is 34.5 Å². The van der Waals surface area contributed by atoms with Crippen molar-refractivity contribution in [1.29, 1.82) is 0 Å². The number of imidazole rings is 1. The maximum absolute atomic E-state index is 13.2. The molecule has 3 aromatic heterocycles. The van der Waals surface area contributed by atoms with E-state index in [2.05, 4.69) is 15.2 Å². The fourth-order valence-electron chi connectivity index (χ4n) is 5.38. The number of hydrogen-bond acceptors (Lipinski definition) is 7. The van der Waals surface area contributed by atoms with Gasteiger partial charge in [0.25, 0.3) is 5.91 Å². The second kappa shape index (κ2) is 11.4. The van der Waals surface area contributed by atoms with Crippen LogP contribution >= 0.6 is 0 Å². The number of nitrogens with one attached hydrogen (secondary N) is 2. The summed E-state index contributed by atoms with van der Waals surface area (Å²) < 4.78 is 14.7. The Morgan fingerprint density at radius 2 is 1.93 bits per heavy atom. The van der Waals surface area contributed by atoms with E-state index >= 15 is 0 Å². The smallest absolute Gasteiger partial charge is 0.356 e. The molecule has 2 aromatic carbocycles. The van der Waals surface area contributed by atoms with E-state index in [1.54, 1.807) is 6.20 Å². The number of anilines is 2. The van der Waals surface area contributed by atoms with Crippen molar-refractivity contribution in [2.24, 2.45) is 7.05 Å². The summed E-state index contributed by atoms with van der Waals surface area (Å²) in [5.74, 6) is 0.0367. The van der Waals surface area contributed by atoms with Gasteiger partial charge in [-0.25, -0.2) is 14.8 Å². The van der Waals surface area contributed by atoms with Gasteiger partial charge in [-0.3, -0.25) is 4.79 Å². The molecular formula is C31H32N6O4. The molecule has 0 unspecified atom stereocenters. The van der Waals surface area contributed by atoms with Crippen LogP contribution in [0.2, 0.25) is 0 Å². The number of rotatable bonds is 9. The van der Waals surface area contributed by atoms with Gasteiger partial charge in [-0.2, -0.15) is 0 Å². The molecule has 0 bridgehead atoms. The highest BCUT2D eigenvalue weighted by Gasteiger charge is 2.30. The minimum absolute atomic E-state index is 0.254. The first-order valence-electron chi connectivity index (χ1n) is 13.7. The van der Waals surface area contributed by atoms with Gasteiger partial charge in [0.05, 0.1) is 42.3 Å². The number of nitrogens with zero attached hydrogens (tertiary/aromatic N) is 4. The third-order valence-electron chi connectivity index (χ3n) is 7.54. The van der Waals surface area contributed by atoms with Crippen LogP contribution < -0.4 is 10.6 Å². The van der Waals surface area contributed by atoms with E-state index in [9.17, 15) is 9.59 Å². The van der Waals surface area contributed by atoms with Crippen LogP contribution in [0.15, 0.2) is 66.9 Å². The molecule has 0 spiro atoms. The number of esters is 1. The van der Waals surface area contributed by atoms with Crippen LogP contribution in [0.3, 0.4) is 0 Å². The summed E-state index contributed by atoms with van der Waals surface area (Å²) >= 11 is 0. The second-order valence-corrected chi connectivity index (χ2v) is 10.1. The molecule has 1 aliphatic rings. The third kappa shape index (κ3) is 5.26. The van der Waals surface area contributed by atoms with E-state index in [1.165, 1.54) is 7.11 Å². The van der Waals surface area contributed by atoms with Crippen LogP contribution in [0.4, 0.5) is 11.4 Å². The highest BCUT2D eigenvalue weighted by molar-refractivity contribution is 6.12. The van der Waals surface area contributed by atoms with Crippen molar-refractivity contribution in [1.82, 2.24) is 19.1 Å². The van der Waals surface area contributed by atoms with Crippen molar-refractivity contribution in [3.8, 4) is 0 Å². The normalized spacial score (nSPS) is 14.9. The van der Waals surface area contributed by atoms with Crippen LogP contribution in [0.25, 0.3) is 22.1 Å². The van der Waals surface area contributed by atoms with Crippen molar-refractivity contribution < 1.29 is 19.1 Å². The predicted molar refractivity (Wildman–Crippen MR) is 157 cm³/mol. The number of carbonyl (C=O) groups excluding carboxylic acids is 2. The summed E-state index contributed by atoms with van der Waals surface area (Å²) in [7, 11) is 3.33. The highest BCUT2D eigenvalue weighted by atomic mass is 16.5. The van der Waals surface area contributed by atoms with E-state index in [-0.39, 0.29) is 11.6 Å². The number of ether oxygens (including phenoxy) is 2. The standard InChI is InChI=1S/C31H32N6O4/c1-36-24-12-7-6-11-23(24)34-26(36)19-32-21-17-22-27(35-30(38)25-13-8-16-41-25)28(31(39)40-2)37(29(22)33-18-21)15-14-20-9-4-3-5-10-20/h3-7,9-12,17-18,25,32H,8,13-16,19H2,1-2H3,(H,35,38)/t25-/m0/s1. The lowest BCUT2D eigenvalue weighted by Crippen LogP contribution is -2.28. The SMILES string of the molecule is COC(=O)c1c(NC(=O)[C@@H]2CCCO2)c2cc(NCc3nc4ccccc4n3C)cnc2n1CCc1ccccc1. The van der Waals surface area contributed by atoms with Gasteiger partial charge >= 0.3 is 5.97 Å². The van der Waals surface area contributed by atoms with Gasteiger partial charge in [0.2, 0.25) is 0 Å². The van der Waals surface area contributed by atoms with Crippen molar-refractivity contribution >= 4 is 45.3 Å². The van der Waals surface area contributed by atoms with Crippen molar-refractivity contribution in [2.75, 3.05) is 24.4 Å².